The zero-order valence-corrected chi connectivity index (χ0v) is 10.9. The Morgan fingerprint density at radius 2 is 2.11 bits per heavy atom. The third kappa shape index (κ3) is 3.96. The molecule has 1 heterocycles. The number of carboxylic acid groups (broad SMARTS) is 1. The molecule has 0 spiro atoms. The first kappa shape index (κ1) is 13.4. The Morgan fingerprint density at radius 3 is 2.74 bits per heavy atom. The molecule has 0 aliphatic heterocycles. The summed E-state index contributed by atoms with van der Waals surface area (Å²) in [7, 11) is 0. The molecule has 0 aliphatic rings. The second kappa shape index (κ2) is 6.20. The van der Waals surface area contributed by atoms with E-state index in [0.717, 1.165) is 11.4 Å². The van der Waals surface area contributed by atoms with Gasteiger partial charge in [-0.25, -0.2) is 0 Å². The Bertz CT molecular complexity index is 560. The number of hydrogen-bond acceptors (Lipinski definition) is 3. The van der Waals surface area contributed by atoms with Gasteiger partial charge in [-0.05, 0) is 30.3 Å². The summed E-state index contributed by atoms with van der Waals surface area (Å²) >= 11 is 5.94. The maximum atomic E-state index is 11.0. The van der Waals surface area contributed by atoms with E-state index in [1.165, 1.54) is 0 Å². The van der Waals surface area contributed by atoms with Crippen LogP contribution in [0.3, 0.4) is 0 Å². The predicted octanol–water partition coefficient (Wildman–Crippen LogP) is 2.83. The topological polar surface area (TPSA) is 53.4 Å². The first-order valence-electron chi connectivity index (χ1n) is 5.77. The number of halogens is 1. The fourth-order valence-corrected chi connectivity index (χ4v) is 1.95. The van der Waals surface area contributed by atoms with Gasteiger partial charge >= 0.3 is 5.97 Å². The van der Waals surface area contributed by atoms with E-state index in [0.29, 0.717) is 11.6 Å². The maximum absolute atomic E-state index is 11.0. The van der Waals surface area contributed by atoms with Crippen LogP contribution in [0.5, 0.6) is 0 Å². The number of anilines is 1. The van der Waals surface area contributed by atoms with Crippen molar-refractivity contribution >= 4 is 23.3 Å². The summed E-state index contributed by atoms with van der Waals surface area (Å²) in [6.45, 7) is 0.324. The van der Waals surface area contributed by atoms with Crippen molar-refractivity contribution in [2.45, 2.75) is 6.54 Å². The summed E-state index contributed by atoms with van der Waals surface area (Å²) < 4.78 is 0. The molecule has 98 valence electrons. The molecule has 0 amide bonds. The molecule has 0 atom stereocenters. The number of pyridine rings is 1. The Morgan fingerprint density at radius 1 is 1.26 bits per heavy atom. The van der Waals surface area contributed by atoms with Gasteiger partial charge in [0.2, 0.25) is 0 Å². The average Bonchev–Trinajstić information content (AvgIpc) is 2.39. The minimum Gasteiger partial charge on any atom is -0.480 e. The van der Waals surface area contributed by atoms with Crippen molar-refractivity contribution in [1.82, 2.24) is 4.98 Å². The maximum Gasteiger partial charge on any atom is 0.323 e. The summed E-state index contributed by atoms with van der Waals surface area (Å²) in [4.78, 5) is 16.9. The van der Waals surface area contributed by atoms with Gasteiger partial charge in [0.05, 0.1) is 12.2 Å². The number of aromatic nitrogens is 1. The van der Waals surface area contributed by atoms with Crippen LogP contribution in [0.25, 0.3) is 0 Å². The molecule has 0 aliphatic carbocycles. The van der Waals surface area contributed by atoms with Crippen molar-refractivity contribution in [3.8, 4) is 0 Å². The monoisotopic (exact) mass is 276 g/mol. The van der Waals surface area contributed by atoms with Crippen LogP contribution < -0.4 is 4.90 Å². The SMILES string of the molecule is O=C(O)CN(Cc1ccccn1)c1cccc(Cl)c1. The molecular formula is C14H13ClN2O2. The highest BCUT2D eigenvalue weighted by atomic mass is 35.5. The van der Waals surface area contributed by atoms with Gasteiger partial charge in [-0.2, -0.15) is 0 Å². The first-order valence-corrected chi connectivity index (χ1v) is 6.15. The number of carboxylic acids is 1. The third-order valence-electron chi connectivity index (χ3n) is 2.58. The van der Waals surface area contributed by atoms with E-state index in [9.17, 15) is 4.79 Å². The number of nitrogens with zero attached hydrogens (tertiary/aromatic N) is 2. The lowest BCUT2D eigenvalue weighted by Crippen LogP contribution is -2.29. The summed E-state index contributed by atoms with van der Waals surface area (Å²) in [6, 6.07) is 12.7. The molecule has 5 heteroatoms. The minimum absolute atomic E-state index is 0.100. The van der Waals surface area contributed by atoms with Crippen molar-refractivity contribution in [3.63, 3.8) is 0 Å². The summed E-state index contributed by atoms with van der Waals surface area (Å²) in [6.07, 6.45) is 1.69. The highest BCUT2D eigenvalue weighted by molar-refractivity contribution is 6.30. The van der Waals surface area contributed by atoms with E-state index in [4.69, 9.17) is 16.7 Å². The van der Waals surface area contributed by atoms with Crippen LogP contribution in [-0.4, -0.2) is 22.6 Å². The van der Waals surface area contributed by atoms with Gasteiger partial charge in [-0.15, -0.1) is 0 Å². The van der Waals surface area contributed by atoms with Crippen LogP contribution in [0, 0.1) is 0 Å². The fourth-order valence-electron chi connectivity index (χ4n) is 1.76. The van der Waals surface area contributed by atoms with Crippen molar-refractivity contribution in [2.24, 2.45) is 0 Å². The highest BCUT2D eigenvalue weighted by Crippen LogP contribution is 2.20. The molecule has 1 N–H and O–H groups in total. The summed E-state index contributed by atoms with van der Waals surface area (Å²) in [5, 5.41) is 9.58. The first-order chi connectivity index (χ1) is 9.15. The molecule has 2 aromatic rings. The Kier molecular flexibility index (Phi) is 4.36. The van der Waals surface area contributed by atoms with E-state index in [1.54, 1.807) is 29.3 Å². The predicted molar refractivity (Wildman–Crippen MR) is 74.4 cm³/mol. The number of hydrogen-bond donors (Lipinski definition) is 1. The van der Waals surface area contributed by atoms with Crippen LogP contribution in [0.2, 0.25) is 5.02 Å². The van der Waals surface area contributed by atoms with E-state index in [1.807, 2.05) is 24.3 Å². The molecule has 0 saturated heterocycles. The average molecular weight is 277 g/mol. The van der Waals surface area contributed by atoms with Crippen molar-refractivity contribution in [1.29, 1.82) is 0 Å². The van der Waals surface area contributed by atoms with Crippen LogP contribution in [0.1, 0.15) is 5.69 Å². The Balaban J connectivity index is 2.23. The van der Waals surface area contributed by atoms with Gasteiger partial charge in [0, 0.05) is 16.9 Å². The number of benzene rings is 1. The Hall–Kier alpha value is -2.07. The number of rotatable bonds is 5. The molecule has 1 aromatic carbocycles. The molecular weight excluding hydrogens is 264 g/mol. The molecule has 0 saturated carbocycles. The van der Waals surface area contributed by atoms with Crippen molar-refractivity contribution in [2.75, 3.05) is 11.4 Å². The second-order valence-electron chi connectivity index (χ2n) is 4.05. The van der Waals surface area contributed by atoms with E-state index < -0.39 is 5.97 Å². The fraction of sp³-hybridized carbons (Fsp3) is 0.143. The largest absolute Gasteiger partial charge is 0.480 e. The molecule has 0 radical (unpaired) electrons. The van der Waals surface area contributed by atoms with Gasteiger partial charge in [-0.1, -0.05) is 23.7 Å². The molecule has 0 unspecified atom stereocenters. The summed E-state index contributed by atoms with van der Waals surface area (Å²) in [5.41, 5.74) is 1.57. The van der Waals surface area contributed by atoms with E-state index in [-0.39, 0.29) is 6.54 Å². The third-order valence-corrected chi connectivity index (χ3v) is 2.81. The van der Waals surface area contributed by atoms with Gasteiger partial charge in [0.15, 0.2) is 0 Å². The molecule has 1 aromatic heterocycles. The zero-order valence-electron chi connectivity index (χ0n) is 10.2. The van der Waals surface area contributed by atoms with Gasteiger partial charge in [0.1, 0.15) is 6.54 Å². The van der Waals surface area contributed by atoms with Gasteiger partial charge in [0.25, 0.3) is 0 Å². The van der Waals surface area contributed by atoms with E-state index >= 15 is 0 Å². The Labute approximate surface area is 116 Å². The van der Waals surface area contributed by atoms with Gasteiger partial charge < -0.3 is 10.0 Å². The molecule has 4 nitrogen and oxygen atoms in total. The number of aliphatic carboxylic acids is 1. The molecule has 0 bridgehead atoms. The van der Waals surface area contributed by atoms with Crippen LogP contribution in [0.15, 0.2) is 48.7 Å². The highest BCUT2D eigenvalue weighted by Gasteiger charge is 2.12. The van der Waals surface area contributed by atoms with Crippen LogP contribution in [0.4, 0.5) is 5.69 Å². The van der Waals surface area contributed by atoms with Crippen LogP contribution in [-0.2, 0) is 11.3 Å². The zero-order chi connectivity index (χ0) is 13.7. The van der Waals surface area contributed by atoms with Crippen molar-refractivity contribution < 1.29 is 9.90 Å². The minimum atomic E-state index is -0.893. The smallest absolute Gasteiger partial charge is 0.323 e. The lowest BCUT2D eigenvalue weighted by molar-refractivity contribution is -0.135. The number of carbonyl (C=O) groups is 1. The quantitative estimate of drug-likeness (QED) is 0.912. The van der Waals surface area contributed by atoms with E-state index in [2.05, 4.69) is 4.98 Å². The normalized spacial score (nSPS) is 10.2. The second-order valence-corrected chi connectivity index (χ2v) is 4.49. The molecule has 0 fully saturated rings. The van der Waals surface area contributed by atoms with Crippen molar-refractivity contribution in [3.05, 3.63) is 59.4 Å². The molecule has 19 heavy (non-hydrogen) atoms. The molecule has 2 rings (SSSR count). The standard InChI is InChI=1S/C14H13ClN2O2/c15-11-4-3-6-13(8-11)17(10-14(18)19)9-12-5-1-2-7-16-12/h1-8H,9-10H2,(H,18,19). The van der Waals surface area contributed by atoms with Crippen LogP contribution >= 0.6 is 11.6 Å². The summed E-state index contributed by atoms with van der Waals surface area (Å²) in [5.74, 6) is -0.893. The lowest BCUT2D eigenvalue weighted by Gasteiger charge is -2.22. The van der Waals surface area contributed by atoms with Gasteiger partial charge in [-0.3, -0.25) is 9.78 Å². The lowest BCUT2D eigenvalue weighted by atomic mass is 10.2.